The highest BCUT2D eigenvalue weighted by Crippen LogP contribution is 2.32. The fourth-order valence-electron chi connectivity index (χ4n) is 7.67. The predicted octanol–water partition coefficient (Wildman–Crippen LogP) is 9.62. The van der Waals surface area contributed by atoms with Gasteiger partial charge in [-0.05, 0) is 113 Å². The lowest BCUT2D eigenvalue weighted by Crippen LogP contribution is -2.26. The number of hydrogen-bond donors (Lipinski definition) is 2. The molecule has 3 fully saturated rings. The molecule has 12 heteroatoms. The van der Waals surface area contributed by atoms with E-state index in [0.29, 0.717) is 36.5 Å². The van der Waals surface area contributed by atoms with Gasteiger partial charge < -0.3 is 37.9 Å². The molecule has 0 radical (unpaired) electrons. The molecule has 3 aliphatic rings. The number of aliphatic hydroxyl groups excluding tert-OH is 2. The van der Waals surface area contributed by atoms with Crippen molar-refractivity contribution >= 4 is 0 Å². The normalized spacial score (nSPS) is 21.1. The van der Waals surface area contributed by atoms with Crippen molar-refractivity contribution < 1.29 is 28.7 Å². The van der Waals surface area contributed by atoms with Crippen molar-refractivity contribution in [2.24, 2.45) is 17.8 Å². The molecule has 2 aliphatic carbocycles. The number of benzene rings is 2. The second-order valence-corrected chi connectivity index (χ2v) is 16.2. The van der Waals surface area contributed by atoms with Crippen molar-refractivity contribution in [1.29, 1.82) is 0 Å². The first-order chi connectivity index (χ1) is 29.2. The lowest BCUT2D eigenvalue weighted by atomic mass is 9.76. The number of aromatic nitrogens is 6. The van der Waals surface area contributed by atoms with Crippen LogP contribution in [0.15, 0.2) is 94.5 Å². The topological polar surface area (TPSA) is 147 Å². The van der Waals surface area contributed by atoms with E-state index in [1.54, 1.807) is 19.3 Å². The van der Waals surface area contributed by atoms with E-state index in [0.717, 1.165) is 89.9 Å². The summed E-state index contributed by atoms with van der Waals surface area (Å²) in [5, 5.41) is 27.4. The van der Waals surface area contributed by atoms with Gasteiger partial charge in [0.2, 0.25) is 0 Å². The molecule has 0 bridgehead atoms. The number of nitrogens with zero attached hydrogens (tertiary/aromatic N) is 6. The van der Waals surface area contributed by atoms with E-state index in [2.05, 4.69) is 55.5 Å². The molecule has 62 heavy (non-hydrogen) atoms. The first kappa shape index (κ1) is 45.8. The Morgan fingerprint density at radius 2 is 1.26 bits per heavy atom. The van der Waals surface area contributed by atoms with E-state index >= 15 is 0 Å². The average molecular weight is 841 g/mol. The number of hydrogen-bond acceptors (Lipinski definition) is 10. The van der Waals surface area contributed by atoms with Crippen LogP contribution in [0.1, 0.15) is 127 Å². The van der Waals surface area contributed by atoms with Gasteiger partial charge in [-0.25, -0.2) is 9.97 Å². The molecule has 0 spiro atoms. The molecule has 9 rings (SSSR count). The SMILES string of the molecule is C.C.CC1CC(C#Cc2ccc(-c3cc(Cn4ccnc4[C@H](C)OC4CCCCO4)no3)cc2)C1.C[C@H](O)c1nccn1Cc1cc(-c2ccc(C#CC3CC(O)C3)cc2)on1. The molecule has 4 aromatic heterocycles. The summed E-state index contributed by atoms with van der Waals surface area (Å²) in [5.41, 5.74) is 5.51. The van der Waals surface area contributed by atoms with Crippen LogP contribution in [-0.2, 0) is 22.6 Å². The second-order valence-electron chi connectivity index (χ2n) is 16.2. The molecule has 1 unspecified atom stereocenters. The molecule has 0 amide bonds. The van der Waals surface area contributed by atoms with Crippen LogP contribution in [0.3, 0.4) is 0 Å². The predicted molar refractivity (Wildman–Crippen MR) is 238 cm³/mol. The smallest absolute Gasteiger partial charge is 0.167 e. The van der Waals surface area contributed by atoms with Crippen molar-refractivity contribution in [3.8, 4) is 46.3 Å². The largest absolute Gasteiger partial charge is 0.393 e. The van der Waals surface area contributed by atoms with Crippen LogP contribution in [0, 0.1) is 41.4 Å². The van der Waals surface area contributed by atoms with Gasteiger partial charge in [-0.15, -0.1) is 0 Å². The van der Waals surface area contributed by atoms with Crippen LogP contribution in [-0.4, -0.2) is 58.6 Å². The Hall–Kier alpha value is -5.76. The minimum Gasteiger partial charge on any atom is -0.393 e. The highest BCUT2D eigenvalue weighted by atomic mass is 16.7. The monoisotopic (exact) mass is 840 g/mol. The molecule has 2 N–H and O–H groups in total. The Bertz CT molecular complexity index is 2420. The van der Waals surface area contributed by atoms with Crippen LogP contribution in [0.5, 0.6) is 0 Å². The zero-order valence-electron chi connectivity index (χ0n) is 34.4. The molecule has 2 saturated carbocycles. The molecule has 1 aliphatic heterocycles. The summed E-state index contributed by atoms with van der Waals surface area (Å²) in [6.45, 7) is 7.81. The summed E-state index contributed by atoms with van der Waals surface area (Å²) in [4.78, 5) is 8.67. The van der Waals surface area contributed by atoms with E-state index in [4.69, 9.17) is 18.5 Å². The maximum atomic E-state index is 9.74. The Labute approximate surface area is 365 Å². The molecule has 1 saturated heterocycles. The number of rotatable bonds is 10. The van der Waals surface area contributed by atoms with E-state index in [1.165, 1.54) is 12.8 Å². The summed E-state index contributed by atoms with van der Waals surface area (Å²) >= 11 is 0. The van der Waals surface area contributed by atoms with Crippen LogP contribution in [0.4, 0.5) is 0 Å². The quantitative estimate of drug-likeness (QED) is 0.128. The minimum absolute atomic E-state index is 0. The molecule has 2 aromatic carbocycles. The molecule has 3 atom stereocenters. The van der Waals surface area contributed by atoms with Crippen molar-refractivity contribution in [3.63, 3.8) is 0 Å². The van der Waals surface area contributed by atoms with Gasteiger partial charge in [0.1, 0.15) is 35.2 Å². The maximum absolute atomic E-state index is 9.74. The summed E-state index contributed by atoms with van der Waals surface area (Å²) in [7, 11) is 0. The highest BCUT2D eigenvalue weighted by Gasteiger charge is 2.25. The van der Waals surface area contributed by atoms with E-state index in [-0.39, 0.29) is 33.4 Å². The van der Waals surface area contributed by atoms with Gasteiger partial charge in [0.05, 0.1) is 19.2 Å². The Balaban J connectivity index is 0.000000204. The van der Waals surface area contributed by atoms with Crippen molar-refractivity contribution in [1.82, 2.24) is 29.4 Å². The van der Waals surface area contributed by atoms with Gasteiger partial charge in [-0.3, -0.25) is 0 Å². The lowest BCUT2D eigenvalue weighted by Gasteiger charge is -2.27. The molecular weight excluding hydrogens is 781 g/mol. The van der Waals surface area contributed by atoms with Crippen LogP contribution < -0.4 is 0 Å². The lowest BCUT2D eigenvalue weighted by molar-refractivity contribution is -0.188. The highest BCUT2D eigenvalue weighted by molar-refractivity contribution is 5.60. The van der Waals surface area contributed by atoms with Gasteiger partial charge in [-0.2, -0.15) is 0 Å². The zero-order valence-corrected chi connectivity index (χ0v) is 34.4. The summed E-state index contributed by atoms with van der Waals surface area (Å²) in [5.74, 6) is 17.6. The van der Waals surface area contributed by atoms with Crippen LogP contribution in [0.25, 0.3) is 22.6 Å². The van der Waals surface area contributed by atoms with Crippen LogP contribution >= 0.6 is 0 Å². The molecule has 326 valence electrons. The summed E-state index contributed by atoms with van der Waals surface area (Å²) in [6, 6.07) is 19.9. The third-order valence-electron chi connectivity index (χ3n) is 11.2. The number of imidazole rings is 2. The molecule has 12 nitrogen and oxygen atoms in total. The van der Waals surface area contributed by atoms with Gasteiger partial charge in [-0.1, -0.05) is 55.8 Å². The average Bonchev–Trinajstić information content (AvgIpc) is 4.08. The zero-order chi connectivity index (χ0) is 41.4. The minimum atomic E-state index is -0.636. The second kappa shape index (κ2) is 21.4. The molecular formula is C50H60N6O6. The molecule has 6 aromatic rings. The van der Waals surface area contributed by atoms with Gasteiger partial charge >= 0.3 is 0 Å². The Morgan fingerprint density at radius 1 is 0.742 bits per heavy atom. The van der Waals surface area contributed by atoms with Crippen molar-refractivity contribution in [2.75, 3.05) is 6.61 Å². The van der Waals surface area contributed by atoms with E-state index in [1.807, 2.05) is 84.5 Å². The van der Waals surface area contributed by atoms with Gasteiger partial charge in [0.15, 0.2) is 17.8 Å². The van der Waals surface area contributed by atoms with Crippen molar-refractivity contribution in [3.05, 3.63) is 120 Å². The van der Waals surface area contributed by atoms with Crippen molar-refractivity contribution in [2.45, 2.75) is 118 Å². The van der Waals surface area contributed by atoms with Gasteiger partial charge in [0.25, 0.3) is 0 Å². The molecule has 5 heterocycles. The third kappa shape index (κ3) is 11.8. The van der Waals surface area contributed by atoms with Gasteiger partial charge in [0, 0.05) is 77.6 Å². The summed E-state index contributed by atoms with van der Waals surface area (Å²) in [6.07, 6.45) is 13.3. The summed E-state index contributed by atoms with van der Waals surface area (Å²) < 4.78 is 26.8. The standard InChI is InChI=1S/C27H31N3O3.C21H21N3O3.2CH4/c1-19-15-22(16-19)7-6-21-8-10-23(11-9-21)25-17-24(29-33-25)18-30-13-12-28-27(30)20(2)32-26-5-3-4-14-31-26;1-14(25)21-22-8-9-24(21)13-18-12-20(27-23-18)17-6-4-15(5-7-17)2-3-16-10-19(26)11-16;;/h8-13,17,19-20,22,26H,3-5,14-16,18H2,1-2H3;4-9,12,14,16,19,25-26H,10-11,13H2,1H3;2*1H4/t19?,20-,22?,26?;14-,16?,19?;;/m00../s1. The fraction of sp³-hybridized carbons (Fsp3) is 0.440. The van der Waals surface area contributed by atoms with E-state index in [9.17, 15) is 10.2 Å². The Morgan fingerprint density at radius 3 is 1.74 bits per heavy atom. The number of aliphatic hydroxyl groups is 2. The fourth-order valence-corrected chi connectivity index (χ4v) is 7.67. The first-order valence-corrected chi connectivity index (χ1v) is 21.0. The van der Waals surface area contributed by atoms with Crippen LogP contribution in [0.2, 0.25) is 0 Å². The third-order valence-corrected chi connectivity index (χ3v) is 11.2. The van der Waals surface area contributed by atoms with E-state index < -0.39 is 6.10 Å². The first-order valence-electron chi connectivity index (χ1n) is 21.0. The maximum Gasteiger partial charge on any atom is 0.167 e. The Kier molecular flexibility index (Phi) is 15.8. The number of ether oxygens (including phenoxy) is 2.